The normalized spacial score (nSPS) is 16.3. The highest BCUT2D eigenvalue weighted by Crippen LogP contribution is 2.17. The highest BCUT2D eigenvalue weighted by atomic mass is 16.5. The number of carbonyl (C=O) groups excluding carboxylic acids is 1. The van der Waals surface area contributed by atoms with Gasteiger partial charge in [0.05, 0.1) is 12.2 Å². The second-order valence-electron chi connectivity index (χ2n) is 6.96. The molecule has 1 atom stereocenters. The summed E-state index contributed by atoms with van der Waals surface area (Å²) in [5.74, 6) is 1.48. The first-order chi connectivity index (χ1) is 13.1. The van der Waals surface area contributed by atoms with Crippen LogP contribution in [0, 0.1) is 0 Å². The van der Waals surface area contributed by atoms with Crippen LogP contribution in [-0.4, -0.2) is 31.3 Å². The van der Waals surface area contributed by atoms with E-state index in [0.717, 1.165) is 36.5 Å². The number of benzene rings is 2. The molecule has 5 nitrogen and oxygen atoms in total. The van der Waals surface area contributed by atoms with E-state index < -0.39 is 0 Å². The van der Waals surface area contributed by atoms with Gasteiger partial charge in [0.25, 0.3) is 5.91 Å². The molecule has 27 heavy (non-hydrogen) atoms. The van der Waals surface area contributed by atoms with Crippen LogP contribution in [0.2, 0.25) is 0 Å². The third kappa shape index (κ3) is 6.00. The SMILES string of the molecule is CC(C)Oc1ccc(CNC(=O)c2ccc(OCC3CCCO3)cc2)cc1. The van der Waals surface area contributed by atoms with Gasteiger partial charge >= 0.3 is 0 Å². The first-order valence-corrected chi connectivity index (χ1v) is 9.48. The number of hydrogen-bond donors (Lipinski definition) is 1. The lowest BCUT2D eigenvalue weighted by molar-refractivity contribution is 0.0679. The average molecular weight is 369 g/mol. The molecule has 1 saturated heterocycles. The van der Waals surface area contributed by atoms with E-state index in [2.05, 4.69) is 5.32 Å². The Kier molecular flexibility index (Phi) is 6.71. The molecule has 3 rings (SSSR count). The second kappa shape index (κ2) is 9.42. The van der Waals surface area contributed by atoms with E-state index in [9.17, 15) is 4.79 Å². The van der Waals surface area contributed by atoms with Gasteiger partial charge in [-0.25, -0.2) is 0 Å². The number of rotatable bonds is 8. The fourth-order valence-electron chi connectivity index (χ4n) is 2.91. The molecule has 5 heteroatoms. The van der Waals surface area contributed by atoms with Crippen LogP contribution in [0.4, 0.5) is 0 Å². The van der Waals surface area contributed by atoms with E-state index in [1.54, 1.807) is 12.1 Å². The Balaban J connectivity index is 1.46. The lowest BCUT2D eigenvalue weighted by Crippen LogP contribution is -2.22. The van der Waals surface area contributed by atoms with Crippen LogP contribution < -0.4 is 14.8 Å². The summed E-state index contributed by atoms with van der Waals surface area (Å²) in [5, 5.41) is 2.93. The van der Waals surface area contributed by atoms with Gasteiger partial charge in [0.15, 0.2) is 0 Å². The van der Waals surface area contributed by atoms with Gasteiger partial charge in [-0.05, 0) is 68.7 Å². The molecule has 0 spiro atoms. The minimum atomic E-state index is -0.108. The van der Waals surface area contributed by atoms with Crippen molar-refractivity contribution in [1.82, 2.24) is 5.32 Å². The van der Waals surface area contributed by atoms with Crippen LogP contribution in [0.25, 0.3) is 0 Å². The first-order valence-electron chi connectivity index (χ1n) is 9.48. The van der Waals surface area contributed by atoms with E-state index in [-0.39, 0.29) is 18.1 Å². The number of hydrogen-bond acceptors (Lipinski definition) is 4. The molecule has 1 fully saturated rings. The molecular weight excluding hydrogens is 342 g/mol. The highest BCUT2D eigenvalue weighted by Gasteiger charge is 2.16. The largest absolute Gasteiger partial charge is 0.491 e. The maximum Gasteiger partial charge on any atom is 0.251 e. The number of ether oxygens (including phenoxy) is 3. The van der Waals surface area contributed by atoms with Crippen molar-refractivity contribution in [3.8, 4) is 11.5 Å². The van der Waals surface area contributed by atoms with E-state index in [1.165, 1.54) is 0 Å². The molecule has 1 N–H and O–H groups in total. The zero-order valence-corrected chi connectivity index (χ0v) is 15.9. The van der Waals surface area contributed by atoms with Gasteiger partial charge in [-0.1, -0.05) is 12.1 Å². The topological polar surface area (TPSA) is 56.8 Å². The first kappa shape index (κ1) is 19.2. The molecule has 1 heterocycles. The quantitative estimate of drug-likeness (QED) is 0.765. The van der Waals surface area contributed by atoms with Crippen LogP contribution in [0.5, 0.6) is 11.5 Å². The molecule has 1 unspecified atom stereocenters. The van der Waals surface area contributed by atoms with Crippen molar-refractivity contribution in [3.05, 3.63) is 59.7 Å². The number of nitrogens with one attached hydrogen (secondary N) is 1. The Morgan fingerprint density at radius 1 is 1.11 bits per heavy atom. The predicted octanol–water partition coefficient (Wildman–Crippen LogP) is 3.96. The molecule has 0 bridgehead atoms. The van der Waals surface area contributed by atoms with E-state index in [4.69, 9.17) is 14.2 Å². The smallest absolute Gasteiger partial charge is 0.251 e. The molecule has 1 aliphatic rings. The molecule has 2 aromatic carbocycles. The molecule has 1 amide bonds. The third-order valence-electron chi connectivity index (χ3n) is 4.32. The van der Waals surface area contributed by atoms with Crippen molar-refractivity contribution < 1.29 is 19.0 Å². The van der Waals surface area contributed by atoms with E-state index in [1.807, 2.05) is 50.2 Å². The Morgan fingerprint density at radius 2 is 1.81 bits per heavy atom. The maximum absolute atomic E-state index is 12.3. The summed E-state index contributed by atoms with van der Waals surface area (Å²) < 4.78 is 16.9. The third-order valence-corrected chi connectivity index (χ3v) is 4.32. The van der Waals surface area contributed by atoms with Crippen molar-refractivity contribution in [2.24, 2.45) is 0 Å². The molecule has 0 saturated carbocycles. The molecular formula is C22H27NO4. The van der Waals surface area contributed by atoms with Crippen molar-refractivity contribution >= 4 is 5.91 Å². The van der Waals surface area contributed by atoms with Gasteiger partial charge in [-0.15, -0.1) is 0 Å². The Hall–Kier alpha value is -2.53. The lowest BCUT2D eigenvalue weighted by Gasteiger charge is -2.12. The molecule has 1 aliphatic heterocycles. The number of carbonyl (C=O) groups is 1. The molecule has 2 aromatic rings. The van der Waals surface area contributed by atoms with Crippen LogP contribution in [0.3, 0.4) is 0 Å². The summed E-state index contributed by atoms with van der Waals surface area (Å²) in [4.78, 5) is 12.3. The van der Waals surface area contributed by atoms with E-state index >= 15 is 0 Å². The zero-order valence-electron chi connectivity index (χ0n) is 15.9. The average Bonchev–Trinajstić information content (AvgIpc) is 3.19. The maximum atomic E-state index is 12.3. The highest BCUT2D eigenvalue weighted by molar-refractivity contribution is 5.94. The summed E-state index contributed by atoms with van der Waals surface area (Å²) in [6.45, 7) is 5.83. The standard InChI is InChI=1S/C22H27NO4/c1-16(2)27-20-9-5-17(6-10-20)14-23-22(24)18-7-11-19(12-8-18)26-15-21-4-3-13-25-21/h5-12,16,21H,3-4,13-15H2,1-2H3,(H,23,24). The van der Waals surface area contributed by atoms with Gasteiger partial charge in [0.1, 0.15) is 18.1 Å². The molecule has 0 aliphatic carbocycles. The lowest BCUT2D eigenvalue weighted by atomic mass is 10.2. The van der Waals surface area contributed by atoms with E-state index in [0.29, 0.717) is 18.7 Å². The van der Waals surface area contributed by atoms with Gasteiger partial charge < -0.3 is 19.5 Å². The summed E-state index contributed by atoms with van der Waals surface area (Å²) in [6.07, 6.45) is 2.48. The summed E-state index contributed by atoms with van der Waals surface area (Å²) >= 11 is 0. The van der Waals surface area contributed by atoms with Crippen molar-refractivity contribution in [2.45, 2.75) is 45.4 Å². The van der Waals surface area contributed by atoms with Crippen molar-refractivity contribution in [3.63, 3.8) is 0 Å². The second-order valence-corrected chi connectivity index (χ2v) is 6.96. The summed E-state index contributed by atoms with van der Waals surface area (Å²) in [5.41, 5.74) is 1.63. The minimum absolute atomic E-state index is 0.108. The molecule has 144 valence electrons. The Morgan fingerprint density at radius 3 is 2.44 bits per heavy atom. The minimum Gasteiger partial charge on any atom is -0.491 e. The molecule has 0 radical (unpaired) electrons. The van der Waals surface area contributed by atoms with Crippen molar-refractivity contribution in [1.29, 1.82) is 0 Å². The summed E-state index contributed by atoms with van der Waals surface area (Å²) in [6, 6.07) is 15.0. The van der Waals surface area contributed by atoms with Crippen LogP contribution in [-0.2, 0) is 11.3 Å². The number of amides is 1. The van der Waals surface area contributed by atoms with Gasteiger partial charge in [-0.3, -0.25) is 4.79 Å². The Labute approximate surface area is 160 Å². The van der Waals surface area contributed by atoms with Crippen LogP contribution >= 0.6 is 0 Å². The van der Waals surface area contributed by atoms with Gasteiger partial charge in [0.2, 0.25) is 0 Å². The van der Waals surface area contributed by atoms with Gasteiger partial charge in [0, 0.05) is 18.7 Å². The van der Waals surface area contributed by atoms with Crippen LogP contribution in [0.15, 0.2) is 48.5 Å². The zero-order chi connectivity index (χ0) is 19.1. The Bertz CT molecular complexity index is 719. The monoisotopic (exact) mass is 369 g/mol. The predicted molar refractivity (Wildman–Crippen MR) is 104 cm³/mol. The fourth-order valence-corrected chi connectivity index (χ4v) is 2.91. The summed E-state index contributed by atoms with van der Waals surface area (Å²) in [7, 11) is 0. The van der Waals surface area contributed by atoms with Crippen LogP contribution in [0.1, 0.15) is 42.6 Å². The van der Waals surface area contributed by atoms with Crippen molar-refractivity contribution in [2.75, 3.05) is 13.2 Å². The molecule has 0 aromatic heterocycles. The van der Waals surface area contributed by atoms with Gasteiger partial charge in [-0.2, -0.15) is 0 Å². The fraction of sp³-hybridized carbons (Fsp3) is 0.409.